The van der Waals surface area contributed by atoms with Gasteiger partial charge in [-0.15, -0.1) is 0 Å². The van der Waals surface area contributed by atoms with Crippen molar-refractivity contribution in [1.29, 1.82) is 0 Å². The predicted octanol–water partition coefficient (Wildman–Crippen LogP) is 5.32. The number of hydrogen-bond acceptors (Lipinski definition) is 2. The van der Waals surface area contributed by atoms with Gasteiger partial charge in [-0.1, -0.05) is 140 Å². The zero-order valence-corrected chi connectivity index (χ0v) is 20.6. The molecule has 0 aromatic heterocycles. The number of amides is 1. The van der Waals surface area contributed by atoms with E-state index >= 15 is 0 Å². The number of carbonyl (C=O) groups excluding carboxylic acids is 1. The number of benzene rings is 5. The summed E-state index contributed by atoms with van der Waals surface area (Å²) in [7, 11) is -0.938. The van der Waals surface area contributed by atoms with Crippen molar-refractivity contribution in [3.05, 3.63) is 157 Å². The summed E-state index contributed by atoms with van der Waals surface area (Å²) in [6.07, 6.45) is 0. The van der Waals surface area contributed by atoms with Crippen molar-refractivity contribution >= 4 is 35.4 Å². The quantitative estimate of drug-likeness (QED) is 0.305. The third-order valence-electron chi connectivity index (χ3n) is 6.13. The van der Waals surface area contributed by atoms with Gasteiger partial charge in [0.25, 0.3) is 5.91 Å². The van der Waals surface area contributed by atoms with Gasteiger partial charge in [-0.25, -0.2) is 0 Å². The van der Waals surface area contributed by atoms with Gasteiger partial charge in [-0.05, 0) is 35.7 Å². The van der Waals surface area contributed by atoms with Gasteiger partial charge in [0.2, 0.25) is 0 Å². The van der Waals surface area contributed by atoms with Crippen LogP contribution >= 0.6 is 7.92 Å². The maximum atomic E-state index is 13.9. The number of hydrogen-bond donors (Lipinski definition) is 2. The van der Waals surface area contributed by atoms with Crippen molar-refractivity contribution in [3.8, 4) is 0 Å². The van der Waals surface area contributed by atoms with Crippen LogP contribution in [0, 0.1) is 0 Å². The highest BCUT2D eigenvalue weighted by Gasteiger charge is 2.40. The third kappa shape index (κ3) is 4.72. The molecule has 5 aromatic rings. The lowest BCUT2D eigenvalue weighted by molar-refractivity contribution is -0.131. The molecule has 0 aliphatic rings. The Kier molecular flexibility index (Phi) is 7.04. The lowest BCUT2D eigenvalue weighted by Gasteiger charge is -2.29. The molecule has 0 saturated carbocycles. The fourth-order valence-electron chi connectivity index (χ4n) is 4.36. The van der Waals surface area contributed by atoms with Gasteiger partial charge in [0.05, 0.1) is 0 Å². The minimum absolute atomic E-state index is 0.497. The smallest absolute Gasteiger partial charge is 0.265 e. The average molecular weight is 488 g/mol. The summed E-state index contributed by atoms with van der Waals surface area (Å²) >= 11 is 0. The van der Waals surface area contributed by atoms with Gasteiger partial charge in [0.15, 0.2) is 5.60 Å². The van der Waals surface area contributed by atoms with E-state index in [4.69, 9.17) is 0 Å². The lowest BCUT2D eigenvalue weighted by Crippen LogP contribution is -2.42. The second-order valence-electron chi connectivity index (χ2n) is 8.42. The number of anilines is 1. The maximum Gasteiger partial charge on any atom is 0.265 e. The van der Waals surface area contributed by atoms with E-state index in [1.165, 1.54) is 10.6 Å². The van der Waals surface area contributed by atoms with Crippen LogP contribution < -0.4 is 21.2 Å². The SMILES string of the molecule is O=C(Nc1ccccc1P(c1ccccc1)c1ccccc1)C(O)(c1ccccc1)c1ccccc1. The summed E-state index contributed by atoms with van der Waals surface area (Å²) in [5, 5.41) is 18.4. The molecule has 176 valence electrons. The number of rotatable bonds is 7. The first-order valence-corrected chi connectivity index (χ1v) is 13.2. The lowest BCUT2D eigenvalue weighted by atomic mass is 9.85. The summed E-state index contributed by atoms with van der Waals surface area (Å²) < 4.78 is 0. The van der Waals surface area contributed by atoms with Crippen LogP contribution in [0.5, 0.6) is 0 Å². The van der Waals surface area contributed by atoms with Crippen molar-refractivity contribution in [3.63, 3.8) is 0 Å². The minimum atomic E-state index is -1.85. The van der Waals surface area contributed by atoms with Crippen molar-refractivity contribution in [2.45, 2.75) is 5.60 Å². The van der Waals surface area contributed by atoms with E-state index in [1.807, 2.05) is 91.0 Å². The van der Waals surface area contributed by atoms with Crippen LogP contribution in [0.3, 0.4) is 0 Å². The highest BCUT2D eigenvalue weighted by molar-refractivity contribution is 7.80. The molecular formula is C32H26NO2P. The molecule has 1 amide bonds. The first-order chi connectivity index (χ1) is 17.7. The summed E-state index contributed by atoms with van der Waals surface area (Å²) in [5.74, 6) is -0.497. The zero-order valence-electron chi connectivity index (χ0n) is 19.7. The second kappa shape index (κ2) is 10.7. The molecule has 0 aliphatic heterocycles. The second-order valence-corrected chi connectivity index (χ2v) is 10.6. The normalized spacial score (nSPS) is 11.3. The maximum absolute atomic E-state index is 13.9. The third-order valence-corrected chi connectivity index (χ3v) is 8.63. The van der Waals surface area contributed by atoms with E-state index in [0.717, 1.165) is 5.30 Å². The van der Waals surface area contributed by atoms with Gasteiger partial charge >= 0.3 is 0 Å². The molecule has 0 spiro atoms. The average Bonchev–Trinajstić information content (AvgIpc) is 2.96. The molecule has 0 fully saturated rings. The molecule has 36 heavy (non-hydrogen) atoms. The number of carbonyl (C=O) groups is 1. The standard InChI is InChI=1S/C32H26NO2P/c34-31(32(35,25-15-5-1-6-16-25)26-17-7-2-8-18-26)33-29-23-13-14-24-30(29)36(27-19-9-3-10-20-27)28-21-11-4-12-22-28/h1-24,35H,(H,33,34). The van der Waals surface area contributed by atoms with Crippen LogP contribution in [0.4, 0.5) is 5.69 Å². The van der Waals surface area contributed by atoms with Crippen molar-refractivity contribution in [2.24, 2.45) is 0 Å². The molecule has 5 rings (SSSR count). The van der Waals surface area contributed by atoms with Crippen LogP contribution in [0.2, 0.25) is 0 Å². The first kappa shape index (κ1) is 23.7. The Balaban J connectivity index is 1.60. The molecule has 0 atom stereocenters. The summed E-state index contributed by atoms with van der Waals surface area (Å²) in [6.45, 7) is 0. The van der Waals surface area contributed by atoms with Gasteiger partial charge in [-0.2, -0.15) is 0 Å². The minimum Gasteiger partial charge on any atom is -0.372 e. The number of nitrogens with one attached hydrogen (secondary N) is 1. The molecule has 4 heteroatoms. The van der Waals surface area contributed by atoms with Gasteiger partial charge in [0, 0.05) is 11.0 Å². The fourth-order valence-corrected chi connectivity index (χ4v) is 6.76. The van der Waals surface area contributed by atoms with Gasteiger partial charge < -0.3 is 10.4 Å². The molecule has 0 unspecified atom stereocenters. The van der Waals surface area contributed by atoms with E-state index in [-0.39, 0.29) is 0 Å². The van der Waals surface area contributed by atoms with E-state index < -0.39 is 19.4 Å². The van der Waals surface area contributed by atoms with Crippen LogP contribution in [0.25, 0.3) is 0 Å². The van der Waals surface area contributed by atoms with Gasteiger partial charge in [0.1, 0.15) is 0 Å². The highest BCUT2D eigenvalue weighted by atomic mass is 31.1. The Morgan fingerprint density at radius 1 is 0.556 bits per heavy atom. The predicted molar refractivity (Wildman–Crippen MR) is 150 cm³/mol. The van der Waals surface area contributed by atoms with E-state index in [0.29, 0.717) is 16.8 Å². The molecule has 3 nitrogen and oxygen atoms in total. The van der Waals surface area contributed by atoms with Crippen LogP contribution in [-0.4, -0.2) is 11.0 Å². The molecule has 0 heterocycles. The molecule has 0 aliphatic carbocycles. The Morgan fingerprint density at radius 2 is 0.944 bits per heavy atom. The molecule has 0 saturated heterocycles. The number of aliphatic hydroxyl groups is 1. The van der Waals surface area contributed by atoms with Crippen LogP contribution in [0.1, 0.15) is 11.1 Å². The Bertz CT molecular complexity index is 1350. The van der Waals surface area contributed by atoms with Gasteiger partial charge in [-0.3, -0.25) is 4.79 Å². The molecule has 5 aromatic carbocycles. The first-order valence-electron chi connectivity index (χ1n) is 11.8. The van der Waals surface area contributed by atoms with E-state index in [1.54, 1.807) is 24.3 Å². The largest absolute Gasteiger partial charge is 0.372 e. The zero-order chi connectivity index (χ0) is 24.8. The van der Waals surface area contributed by atoms with E-state index in [9.17, 15) is 9.90 Å². The van der Waals surface area contributed by atoms with Crippen molar-refractivity contribution < 1.29 is 9.90 Å². The summed E-state index contributed by atoms with van der Waals surface area (Å²) in [5.41, 5.74) is -0.136. The highest BCUT2D eigenvalue weighted by Crippen LogP contribution is 2.37. The van der Waals surface area contributed by atoms with Crippen LogP contribution in [-0.2, 0) is 10.4 Å². The molecule has 0 radical (unpaired) electrons. The van der Waals surface area contributed by atoms with E-state index in [2.05, 4.69) is 35.6 Å². The van der Waals surface area contributed by atoms with Crippen LogP contribution in [0.15, 0.2) is 146 Å². The molecule has 2 N–H and O–H groups in total. The topological polar surface area (TPSA) is 49.3 Å². The Labute approximate surface area is 212 Å². The molecular weight excluding hydrogens is 461 g/mol. The summed E-state index contributed by atoms with van der Waals surface area (Å²) in [6, 6.07) is 46.7. The monoisotopic (exact) mass is 487 g/mol. The van der Waals surface area contributed by atoms with Crippen molar-refractivity contribution in [1.82, 2.24) is 0 Å². The Hall–Kier alpha value is -4.04. The molecule has 0 bridgehead atoms. The van der Waals surface area contributed by atoms with Crippen molar-refractivity contribution in [2.75, 3.05) is 5.32 Å². The fraction of sp³-hybridized carbons (Fsp3) is 0.0312. The summed E-state index contributed by atoms with van der Waals surface area (Å²) in [4.78, 5) is 13.9. The Morgan fingerprint density at radius 3 is 1.42 bits per heavy atom. The number of para-hydroxylation sites is 1.